The molecule has 0 radical (unpaired) electrons. The van der Waals surface area contributed by atoms with Crippen molar-refractivity contribution in [1.29, 1.82) is 0 Å². The molecule has 0 spiro atoms. The summed E-state index contributed by atoms with van der Waals surface area (Å²) in [5.41, 5.74) is 0.940. The molecule has 0 bridgehead atoms. The molecule has 0 aliphatic rings. The molecule has 1 aromatic carbocycles. The van der Waals surface area contributed by atoms with Gasteiger partial charge in [-0.05, 0) is 12.0 Å². The maximum absolute atomic E-state index is 11.9. The Bertz CT molecular complexity index is 316. The molecule has 1 aromatic rings. The predicted octanol–water partition coefficient (Wildman–Crippen LogP) is 2.61. The first kappa shape index (κ1) is 12.5. The van der Waals surface area contributed by atoms with Gasteiger partial charge in [0.05, 0.1) is 6.67 Å². The molecule has 3 nitrogen and oxygen atoms in total. The summed E-state index contributed by atoms with van der Waals surface area (Å²) in [7, 11) is 1.60. The van der Waals surface area contributed by atoms with Gasteiger partial charge >= 0.3 is 6.09 Å². The number of benzene rings is 1. The number of halogens is 1. The molecule has 0 saturated carbocycles. The molecule has 0 atom stereocenters. The van der Waals surface area contributed by atoms with Crippen molar-refractivity contribution in [3.63, 3.8) is 0 Å². The Morgan fingerprint density at radius 3 is 2.69 bits per heavy atom. The molecule has 1 amide bonds. The van der Waals surface area contributed by atoms with Crippen molar-refractivity contribution >= 4 is 6.09 Å². The molecule has 88 valence electrons. The van der Waals surface area contributed by atoms with Gasteiger partial charge in [-0.25, -0.2) is 4.79 Å². The maximum atomic E-state index is 11.9. The summed E-state index contributed by atoms with van der Waals surface area (Å²) in [4.78, 5) is 12.8. The minimum absolute atomic E-state index is 0.250. The lowest BCUT2D eigenvalue weighted by atomic mass is 10.2. The van der Waals surface area contributed by atoms with E-state index in [0.717, 1.165) is 5.56 Å². The van der Waals surface area contributed by atoms with Crippen LogP contribution in [0.15, 0.2) is 30.3 Å². The third-order valence-electron chi connectivity index (χ3n) is 2.14. The summed E-state index contributed by atoms with van der Waals surface area (Å²) in [5, 5.41) is 0. The Hall–Kier alpha value is -1.58. The summed E-state index contributed by atoms with van der Waals surface area (Å²) in [5.74, 6) is 0. The zero-order valence-corrected chi connectivity index (χ0v) is 9.36. The number of amides is 1. The van der Waals surface area contributed by atoms with Crippen LogP contribution in [0.25, 0.3) is 0 Å². The summed E-state index contributed by atoms with van der Waals surface area (Å²) >= 11 is 0. The van der Waals surface area contributed by atoms with Crippen molar-refractivity contribution in [3.05, 3.63) is 35.9 Å². The molecule has 4 heteroatoms. The number of alkyl halides is 1. The Kier molecular flexibility index (Phi) is 5.32. The summed E-state index contributed by atoms with van der Waals surface area (Å²) in [6.07, 6.45) is -0.0750. The average molecular weight is 225 g/mol. The first-order chi connectivity index (χ1) is 7.74. The van der Waals surface area contributed by atoms with Gasteiger partial charge in [-0.15, -0.1) is 0 Å². The number of hydrogen-bond acceptors (Lipinski definition) is 2. The maximum Gasteiger partial charge on any atom is 0.409 e. The molecule has 0 heterocycles. The average Bonchev–Trinajstić information content (AvgIpc) is 2.34. The van der Waals surface area contributed by atoms with E-state index in [1.807, 2.05) is 30.3 Å². The van der Waals surface area contributed by atoms with Crippen molar-refractivity contribution in [2.45, 2.75) is 13.0 Å². The lowest BCUT2D eigenvalue weighted by Gasteiger charge is -2.15. The highest BCUT2D eigenvalue weighted by molar-refractivity contribution is 5.67. The second kappa shape index (κ2) is 6.82. The van der Waals surface area contributed by atoms with Crippen LogP contribution in [-0.4, -0.2) is 31.3 Å². The third-order valence-corrected chi connectivity index (χ3v) is 2.14. The van der Waals surface area contributed by atoms with Gasteiger partial charge in [0, 0.05) is 13.6 Å². The lowest BCUT2D eigenvalue weighted by Crippen LogP contribution is -2.28. The van der Waals surface area contributed by atoms with E-state index >= 15 is 0 Å². The second-order valence-electron chi connectivity index (χ2n) is 3.50. The Balaban J connectivity index is 2.29. The lowest BCUT2D eigenvalue weighted by molar-refractivity contribution is 0.104. The van der Waals surface area contributed by atoms with Gasteiger partial charge in [0.1, 0.15) is 6.61 Å². The van der Waals surface area contributed by atoms with Crippen LogP contribution < -0.4 is 0 Å². The van der Waals surface area contributed by atoms with E-state index in [-0.39, 0.29) is 6.61 Å². The van der Waals surface area contributed by atoms with Crippen LogP contribution in [0.2, 0.25) is 0 Å². The van der Waals surface area contributed by atoms with Crippen LogP contribution in [-0.2, 0) is 11.3 Å². The SMILES string of the molecule is CN(CCCF)C(=O)OCc1ccccc1. The molecule has 0 aliphatic heterocycles. The summed E-state index contributed by atoms with van der Waals surface area (Å²) < 4.78 is 16.9. The molecule has 0 N–H and O–H groups in total. The van der Waals surface area contributed by atoms with Crippen molar-refractivity contribution in [3.8, 4) is 0 Å². The quantitative estimate of drug-likeness (QED) is 0.771. The highest BCUT2D eigenvalue weighted by Crippen LogP contribution is 2.02. The van der Waals surface area contributed by atoms with Gasteiger partial charge in [0.25, 0.3) is 0 Å². The van der Waals surface area contributed by atoms with E-state index < -0.39 is 12.8 Å². The van der Waals surface area contributed by atoms with E-state index in [1.54, 1.807) is 7.05 Å². The largest absolute Gasteiger partial charge is 0.445 e. The third kappa shape index (κ3) is 4.29. The number of carbonyl (C=O) groups is 1. The molecular weight excluding hydrogens is 209 g/mol. The first-order valence-electron chi connectivity index (χ1n) is 5.22. The van der Waals surface area contributed by atoms with Gasteiger partial charge in [-0.2, -0.15) is 0 Å². The number of rotatable bonds is 5. The van der Waals surface area contributed by atoms with E-state index in [1.165, 1.54) is 4.90 Å². The monoisotopic (exact) mass is 225 g/mol. The zero-order valence-electron chi connectivity index (χ0n) is 9.36. The van der Waals surface area contributed by atoms with Gasteiger partial charge in [-0.1, -0.05) is 30.3 Å². The minimum atomic E-state index is -0.420. The Morgan fingerprint density at radius 2 is 2.06 bits per heavy atom. The molecule has 16 heavy (non-hydrogen) atoms. The van der Waals surface area contributed by atoms with Crippen LogP contribution in [0, 0.1) is 0 Å². The van der Waals surface area contributed by atoms with Crippen molar-refractivity contribution in [2.24, 2.45) is 0 Å². The van der Waals surface area contributed by atoms with Gasteiger partial charge in [0.15, 0.2) is 0 Å². The zero-order chi connectivity index (χ0) is 11.8. The fraction of sp³-hybridized carbons (Fsp3) is 0.417. The van der Waals surface area contributed by atoms with Gasteiger partial charge < -0.3 is 9.64 Å². The first-order valence-corrected chi connectivity index (χ1v) is 5.22. The predicted molar refractivity (Wildman–Crippen MR) is 59.8 cm³/mol. The van der Waals surface area contributed by atoms with Crippen molar-refractivity contribution in [1.82, 2.24) is 4.90 Å². The van der Waals surface area contributed by atoms with Gasteiger partial charge in [0.2, 0.25) is 0 Å². The van der Waals surface area contributed by atoms with Crippen LogP contribution in [0.1, 0.15) is 12.0 Å². The van der Waals surface area contributed by atoms with Crippen LogP contribution in [0.4, 0.5) is 9.18 Å². The molecule has 0 saturated heterocycles. The van der Waals surface area contributed by atoms with Crippen molar-refractivity contribution in [2.75, 3.05) is 20.3 Å². The number of ether oxygens (including phenoxy) is 1. The summed E-state index contributed by atoms with van der Waals surface area (Å²) in [6.45, 7) is 0.208. The molecule has 0 unspecified atom stereocenters. The highest BCUT2D eigenvalue weighted by Gasteiger charge is 2.09. The fourth-order valence-corrected chi connectivity index (χ4v) is 1.22. The number of carbonyl (C=O) groups excluding carboxylic acids is 1. The van der Waals surface area contributed by atoms with Crippen LogP contribution >= 0.6 is 0 Å². The van der Waals surface area contributed by atoms with E-state index in [2.05, 4.69) is 0 Å². The topological polar surface area (TPSA) is 29.5 Å². The molecular formula is C12H16FNO2. The standard InChI is InChI=1S/C12H16FNO2/c1-14(9-5-8-13)12(15)16-10-11-6-3-2-4-7-11/h2-4,6-7H,5,8-10H2,1H3. The van der Waals surface area contributed by atoms with Crippen LogP contribution in [0.5, 0.6) is 0 Å². The highest BCUT2D eigenvalue weighted by atomic mass is 19.1. The normalized spacial score (nSPS) is 9.88. The Labute approximate surface area is 94.8 Å². The van der Waals surface area contributed by atoms with Crippen molar-refractivity contribution < 1.29 is 13.9 Å². The smallest absolute Gasteiger partial charge is 0.409 e. The Morgan fingerprint density at radius 1 is 1.38 bits per heavy atom. The molecule has 0 aliphatic carbocycles. The fourth-order valence-electron chi connectivity index (χ4n) is 1.22. The summed E-state index contributed by atoms with van der Waals surface area (Å²) in [6, 6.07) is 9.44. The van der Waals surface area contributed by atoms with E-state index in [4.69, 9.17) is 4.74 Å². The van der Waals surface area contributed by atoms with E-state index in [9.17, 15) is 9.18 Å². The number of nitrogens with zero attached hydrogens (tertiary/aromatic N) is 1. The second-order valence-corrected chi connectivity index (χ2v) is 3.50. The minimum Gasteiger partial charge on any atom is -0.445 e. The number of hydrogen-bond donors (Lipinski definition) is 0. The molecule has 0 fully saturated rings. The molecule has 0 aromatic heterocycles. The van der Waals surface area contributed by atoms with E-state index in [0.29, 0.717) is 13.0 Å². The molecule has 1 rings (SSSR count). The van der Waals surface area contributed by atoms with Gasteiger partial charge in [-0.3, -0.25) is 4.39 Å². The van der Waals surface area contributed by atoms with Crippen LogP contribution in [0.3, 0.4) is 0 Å².